The number of amides is 1. The number of hydrogen-bond acceptors (Lipinski definition) is 4. The summed E-state index contributed by atoms with van der Waals surface area (Å²) in [6.07, 6.45) is 4.08. The van der Waals surface area contributed by atoms with Crippen molar-refractivity contribution in [2.75, 3.05) is 19.6 Å². The lowest BCUT2D eigenvalue weighted by atomic mass is 9.92. The number of fused-ring (bicyclic) bond motifs is 1. The van der Waals surface area contributed by atoms with Crippen LogP contribution >= 0.6 is 0 Å². The summed E-state index contributed by atoms with van der Waals surface area (Å²) in [6, 6.07) is 15.2. The molecule has 7 heteroatoms. The predicted octanol–water partition coefficient (Wildman–Crippen LogP) is 3.22. The number of nitrogens with one attached hydrogen (secondary N) is 1. The maximum absolute atomic E-state index is 12.8. The first-order chi connectivity index (χ1) is 14.9. The van der Waals surface area contributed by atoms with Gasteiger partial charge in [0, 0.05) is 19.5 Å². The summed E-state index contributed by atoms with van der Waals surface area (Å²) in [5.74, 6) is -0.0655. The van der Waals surface area contributed by atoms with Gasteiger partial charge in [0.15, 0.2) is 0 Å². The summed E-state index contributed by atoms with van der Waals surface area (Å²) in [6.45, 7) is 3.03. The second-order valence-electron chi connectivity index (χ2n) is 8.43. The normalized spacial score (nSPS) is 21.5. The Morgan fingerprint density at radius 1 is 1.06 bits per heavy atom. The van der Waals surface area contributed by atoms with Gasteiger partial charge in [0.25, 0.3) is 0 Å². The number of rotatable bonds is 6. The van der Waals surface area contributed by atoms with Crippen molar-refractivity contribution in [1.29, 1.82) is 0 Å². The van der Waals surface area contributed by atoms with Crippen molar-refractivity contribution in [3.63, 3.8) is 0 Å². The lowest BCUT2D eigenvalue weighted by molar-refractivity contribution is -0.144. The molecule has 1 amide bonds. The lowest BCUT2D eigenvalue weighted by Crippen LogP contribution is -2.46. The summed E-state index contributed by atoms with van der Waals surface area (Å²) in [7, 11) is -3.63. The van der Waals surface area contributed by atoms with E-state index in [1.165, 1.54) is 5.56 Å². The fourth-order valence-electron chi connectivity index (χ4n) is 4.42. The molecule has 0 aromatic heterocycles. The summed E-state index contributed by atoms with van der Waals surface area (Å²) in [5.41, 5.74) is 3.41. The third-order valence-electron chi connectivity index (χ3n) is 6.05. The van der Waals surface area contributed by atoms with Crippen LogP contribution in [0.3, 0.4) is 0 Å². The molecule has 1 saturated heterocycles. The van der Waals surface area contributed by atoms with Crippen molar-refractivity contribution in [2.24, 2.45) is 0 Å². The Bertz CT molecular complexity index is 1020. The topological polar surface area (TPSA) is 75.7 Å². The van der Waals surface area contributed by atoms with Gasteiger partial charge in [0.2, 0.25) is 15.9 Å². The molecule has 0 radical (unpaired) electrons. The first-order valence-corrected chi connectivity index (χ1v) is 12.5. The minimum atomic E-state index is -3.63. The molecule has 0 saturated carbocycles. The highest BCUT2D eigenvalue weighted by Crippen LogP contribution is 2.26. The van der Waals surface area contributed by atoms with Crippen LogP contribution in [0.1, 0.15) is 49.0 Å². The van der Waals surface area contributed by atoms with E-state index in [2.05, 4.69) is 4.72 Å². The van der Waals surface area contributed by atoms with Gasteiger partial charge in [-0.15, -0.1) is 0 Å². The number of hydrogen-bond donors (Lipinski definition) is 1. The van der Waals surface area contributed by atoms with Gasteiger partial charge in [-0.2, -0.15) is 0 Å². The quantitative estimate of drug-likeness (QED) is 0.745. The summed E-state index contributed by atoms with van der Waals surface area (Å²) >= 11 is 0. The van der Waals surface area contributed by atoms with E-state index in [1.54, 1.807) is 17.0 Å². The van der Waals surface area contributed by atoms with E-state index < -0.39 is 10.0 Å². The maximum atomic E-state index is 12.8. The van der Waals surface area contributed by atoms with Crippen LogP contribution in [0, 0.1) is 0 Å². The van der Waals surface area contributed by atoms with Crippen LogP contribution in [0.25, 0.3) is 0 Å². The molecule has 6 nitrogen and oxygen atoms in total. The van der Waals surface area contributed by atoms with E-state index in [9.17, 15) is 13.2 Å². The average molecular weight is 443 g/mol. The highest BCUT2D eigenvalue weighted by atomic mass is 32.2. The molecule has 1 N–H and O–H groups in total. The van der Waals surface area contributed by atoms with Crippen LogP contribution in [0.4, 0.5) is 0 Å². The van der Waals surface area contributed by atoms with Gasteiger partial charge >= 0.3 is 0 Å². The molecule has 1 heterocycles. The molecule has 1 fully saturated rings. The Balaban J connectivity index is 1.34. The number of aryl methyl sites for hydroxylation is 2. The minimum absolute atomic E-state index is 0.0655. The number of ether oxygens (including phenoxy) is 1. The van der Waals surface area contributed by atoms with E-state index in [0.29, 0.717) is 13.1 Å². The zero-order valence-corrected chi connectivity index (χ0v) is 18.7. The molecule has 0 bridgehead atoms. The zero-order valence-electron chi connectivity index (χ0n) is 17.9. The van der Waals surface area contributed by atoms with Gasteiger partial charge in [-0.3, -0.25) is 4.79 Å². The summed E-state index contributed by atoms with van der Waals surface area (Å²) in [4.78, 5) is 14.8. The molecule has 2 atom stereocenters. The number of morpholine rings is 1. The van der Waals surface area contributed by atoms with Crippen molar-refractivity contribution in [1.82, 2.24) is 9.62 Å². The Labute approximate surface area is 184 Å². The van der Waals surface area contributed by atoms with Crippen molar-refractivity contribution < 1.29 is 17.9 Å². The van der Waals surface area contributed by atoms with Crippen LogP contribution in [0.15, 0.2) is 53.4 Å². The minimum Gasteiger partial charge on any atom is -0.367 e. The number of carbonyl (C=O) groups excluding carboxylic acids is 1. The predicted molar refractivity (Wildman–Crippen MR) is 119 cm³/mol. The number of sulfonamides is 1. The number of benzene rings is 2. The molecular formula is C24H30N2O4S. The van der Waals surface area contributed by atoms with Crippen LogP contribution in [-0.2, 0) is 32.4 Å². The maximum Gasteiger partial charge on any atom is 0.240 e. The van der Waals surface area contributed by atoms with Crippen molar-refractivity contribution >= 4 is 15.9 Å². The Morgan fingerprint density at radius 2 is 1.81 bits per heavy atom. The smallest absolute Gasteiger partial charge is 0.240 e. The first kappa shape index (κ1) is 22.0. The number of carbonyl (C=O) groups is 1. The average Bonchev–Trinajstić information content (AvgIpc) is 2.78. The first-order valence-electron chi connectivity index (χ1n) is 11.0. The van der Waals surface area contributed by atoms with Gasteiger partial charge < -0.3 is 9.64 Å². The Morgan fingerprint density at radius 3 is 2.58 bits per heavy atom. The molecule has 1 aliphatic carbocycles. The Hall–Kier alpha value is -2.22. The molecule has 166 valence electrons. The van der Waals surface area contributed by atoms with Gasteiger partial charge in [0.1, 0.15) is 6.10 Å². The van der Waals surface area contributed by atoms with Crippen molar-refractivity contribution in [3.8, 4) is 0 Å². The fourth-order valence-corrected chi connectivity index (χ4v) is 5.50. The van der Waals surface area contributed by atoms with E-state index in [-0.39, 0.29) is 36.0 Å². The summed E-state index contributed by atoms with van der Waals surface area (Å²) < 4.78 is 34.0. The van der Waals surface area contributed by atoms with E-state index in [0.717, 1.165) is 36.8 Å². The van der Waals surface area contributed by atoms with Crippen LogP contribution in [-0.4, -0.2) is 45.0 Å². The van der Waals surface area contributed by atoms with Gasteiger partial charge in [-0.1, -0.05) is 36.4 Å². The highest BCUT2D eigenvalue weighted by molar-refractivity contribution is 7.89. The van der Waals surface area contributed by atoms with Crippen LogP contribution in [0.2, 0.25) is 0 Å². The molecule has 31 heavy (non-hydrogen) atoms. The summed E-state index contributed by atoms with van der Waals surface area (Å²) in [5, 5.41) is 0. The molecular weight excluding hydrogens is 412 g/mol. The van der Waals surface area contributed by atoms with Crippen LogP contribution in [0.5, 0.6) is 0 Å². The second-order valence-corrected chi connectivity index (χ2v) is 10.2. The van der Waals surface area contributed by atoms with Gasteiger partial charge in [-0.05, 0) is 61.4 Å². The number of nitrogens with zero attached hydrogens (tertiary/aromatic N) is 1. The molecule has 1 aliphatic heterocycles. The molecule has 2 aromatic carbocycles. The third kappa shape index (κ3) is 5.34. The monoisotopic (exact) mass is 442 g/mol. The van der Waals surface area contributed by atoms with E-state index in [4.69, 9.17) is 4.74 Å². The largest absolute Gasteiger partial charge is 0.367 e. The van der Waals surface area contributed by atoms with E-state index >= 15 is 0 Å². The Kier molecular flexibility index (Phi) is 6.74. The second kappa shape index (κ2) is 9.51. The van der Waals surface area contributed by atoms with Gasteiger partial charge in [0.05, 0.1) is 17.5 Å². The SMILES string of the molecule is CC1CN(C(=O)CCNS(=O)(=O)c2ccc3c(c2)CCCC3)CC(c2ccccc2)O1. The third-order valence-corrected chi connectivity index (χ3v) is 7.50. The highest BCUT2D eigenvalue weighted by Gasteiger charge is 2.29. The van der Waals surface area contributed by atoms with Gasteiger partial charge in [-0.25, -0.2) is 13.1 Å². The molecule has 0 spiro atoms. The van der Waals surface area contributed by atoms with Crippen molar-refractivity contribution in [3.05, 3.63) is 65.2 Å². The van der Waals surface area contributed by atoms with E-state index in [1.807, 2.05) is 43.3 Å². The molecule has 2 aromatic rings. The zero-order chi connectivity index (χ0) is 21.8. The fraction of sp³-hybridized carbons (Fsp3) is 0.458. The lowest BCUT2D eigenvalue weighted by Gasteiger charge is -2.37. The van der Waals surface area contributed by atoms with Crippen LogP contribution < -0.4 is 4.72 Å². The molecule has 2 unspecified atom stereocenters. The molecule has 4 rings (SSSR count). The standard InChI is InChI=1S/C24H30N2O4S/c1-18-16-26(17-23(30-18)20-8-3-2-4-9-20)24(27)13-14-25-31(28,29)22-12-11-19-7-5-6-10-21(19)15-22/h2-4,8-9,11-12,15,18,23,25H,5-7,10,13-14,16-17H2,1H3. The molecule has 2 aliphatic rings. The van der Waals surface area contributed by atoms with Crippen molar-refractivity contribution in [2.45, 2.75) is 56.1 Å².